The van der Waals surface area contributed by atoms with Crippen LogP contribution in [0, 0.1) is 0 Å². The molecule has 6 nitrogen and oxygen atoms in total. The van der Waals surface area contributed by atoms with E-state index in [1.165, 1.54) is 11.3 Å². The van der Waals surface area contributed by atoms with Crippen molar-refractivity contribution >= 4 is 16.5 Å². The van der Waals surface area contributed by atoms with Crippen LogP contribution in [0.15, 0.2) is 9.90 Å². The summed E-state index contributed by atoms with van der Waals surface area (Å²) in [6, 6.07) is 0. The van der Waals surface area contributed by atoms with Crippen LogP contribution < -0.4 is 5.73 Å². The molecule has 0 aliphatic rings. The minimum Gasteiger partial charge on any atom is -0.375 e. The number of hydrogen-bond donors (Lipinski definition) is 1. The van der Waals surface area contributed by atoms with E-state index in [1.807, 2.05) is 0 Å². The standard InChI is InChI=1S/C10H14N4O2S/c1-3-4-7(15-2)8-13-9(16-14-8)6-5-17-10(11)12-6/h5,7H,3-4H2,1-2H3,(H2,11,12). The predicted octanol–water partition coefficient (Wildman–Crippen LogP) is 2.26. The van der Waals surface area contributed by atoms with Gasteiger partial charge in [-0.3, -0.25) is 0 Å². The summed E-state index contributed by atoms with van der Waals surface area (Å²) in [5.41, 5.74) is 6.16. The Morgan fingerprint density at radius 3 is 2.94 bits per heavy atom. The van der Waals surface area contributed by atoms with Gasteiger partial charge in [0.1, 0.15) is 11.8 Å². The molecule has 7 heteroatoms. The molecule has 0 saturated carbocycles. The zero-order chi connectivity index (χ0) is 12.3. The van der Waals surface area contributed by atoms with Crippen molar-refractivity contribution in [3.8, 4) is 11.6 Å². The number of methoxy groups -OCH3 is 1. The molecule has 0 aliphatic heterocycles. The van der Waals surface area contributed by atoms with Crippen LogP contribution in [0.2, 0.25) is 0 Å². The molecule has 92 valence electrons. The van der Waals surface area contributed by atoms with E-state index in [9.17, 15) is 0 Å². The van der Waals surface area contributed by atoms with Gasteiger partial charge < -0.3 is 15.0 Å². The van der Waals surface area contributed by atoms with E-state index in [-0.39, 0.29) is 6.10 Å². The van der Waals surface area contributed by atoms with Crippen LogP contribution in [0.1, 0.15) is 31.7 Å². The van der Waals surface area contributed by atoms with Crippen molar-refractivity contribution in [3.05, 3.63) is 11.2 Å². The first kappa shape index (κ1) is 12.0. The lowest BCUT2D eigenvalue weighted by atomic mass is 10.2. The molecule has 0 saturated heterocycles. The van der Waals surface area contributed by atoms with Gasteiger partial charge in [-0.15, -0.1) is 11.3 Å². The van der Waals surface area contributed by atoms with Gasteiger partial charge in [-0.25, -0.2) is 4.98 Å². The second kappa shape index (κ2) is 5.24. The highest BCUT2D eigenvalue weighted by Crippen LogP contribution is 2.25. The lowest BCUT2D eigenvalue weighted by Crippen LogP contribution is -2.03. The summed E-state index contributed by atoms with van der Waals surface area (Å²) in [7, 11) is 1.64. The number of nitrogens with two attached hydrogens (primary N) is 1. The van der Waals surface area contributed by atoms with Gasteiger partial charge in [0.2, 0.25) is 5.82 Å². The molecule has 0 aliphatic carbocycles. The molecule has 1 unspecified atom stereocenters. The quantitative estimate of drug-likeness (QED) is 0.880. The number of hydrogen-bond acceptors (Lipinski definition) is 7. The fraction of sp³-hybridized carbons (Fsp3) is 0.500. The summed E-state index contributed by atoms with van der Waals surface area (Å²) in [5, 5.41) is 6.17. The van der Waals surface area contributed by atoms with E-state index in [2.05, 4.69) is 22.0 Å². The van der Waals surface area contributed by atoms with Crippen LogP contribution in [-0.2, 0) is 4.74 Å². The summed E-state index contributed by atoms with van der Waals surface area (Å²) in [5.74, 6) is 0.932. The molecule has 2 aromatic heterocycles. The average Bonchev–Trinajstić information content (AvgIpc) is 2.94. The first-order valence-corrected chi connectivity index (χ1v) is 6.20. The number of nitrogens with zero attached hydrogens (tertiary/aromatic N) is 3. The van der Waals surface area contributed by atoms with Gasteiger partial charge in [-0.2, -0.15) is 4.98 Å². The summed E-state index contributed by atoms with van der Waals surface area (Å²) < 4.78 is 10.4. The Balaban J connectivity index is 2.20. The zero-order valence-corrected chi connectivity index (χ0v) is 10.5. The molecular formula is C10H14N4O2S. The number of rotatable bonds is 5. The molecule has 2 heterocycles. The van der Waals surface area contributed by atoms with E-state index in [0.29, 0.717) is 22.5 Å². The Kier molecular flexibility index (Phi) is 3.70. The maximum absolute atomic E-state index is 5.55. The lowest BCUT2D eigenvalue weighted by molar-refractivity contribution is 0.0854. The minimum atomic E-state index is -0.131. The highest BCUT2D eigenvalue weighted by molar-refractivity contribution is 7.13. The predicted molar refractivity (Wildman–Crippen MR) is 64.5 cm³/mol. The SMILES string of the molecule is CCCC(OC)c1noc(-c2csc(N)n2)n1. The van der Waals surface area contributed by atoms with Crippen molar-refractivity contribution in [1.82, 2.24) is 15.1 Å². The first-order chi connectivity index (χ1) is 8.24. The Morgan fingerprint density at radius 1 is 1.53 bits per heavy atom. The van der Waals surface area contributed by atoms with Crippen molar-refractivity contribution < 1.29 is 9.26 Å². The van der Waals surface area contributed by atoms with Gasteiger partial charge in [0.05, 0.1) is 0 Å². The molecule has 0 amide bonds. The van der Waals surface area contributed by atoms with Crippen LogP contribution in [0.4, 0.5) is 5.13 Å². The molecule has 0 aromatic carbocycles. The topological polar surface area (TPSA) is 87.1 Å². The fourth-order valence-corrected chi connectivity index (χ4v) is 2.01. The van der Waals surface area contributed by atoms with Crippen molar-refractivity contribution in [1.29, 1.82) is 0 Å². The smallest absolute Gasteiger partial charge is 0.277 e. The van der Waals surface area contributed by atoms with Gasteiger partial charge in [0, 0.05) is 12.5 Å². The van der Waals surface area contributed by atoms with E-state index in [1.54, 1.807) is 12.5 Å². The molecule has 17 heavy (non-hydrogen) atoms. The van der Waals surface area contributed by atoms with Crippen molar-refractivity contribution in [2.75, 3.05) is 12.8 Å². The lowest BCUT2D eigenvalue weighted by Gasteiger charge is -2.08. The van der Waals surface area contributed by atoms with Gasteiger partial charge >= 0.3 is 0 Å². The van der Waals surface area contributed by atoms with Crippen molar-refractivity contribution in [2.24, 2.45) is 0 Å². The molecule has 0 bridgehead atoms. The average molecular weight is 254 g/mol. The van der Waals surface area contributed by atoms with Crippen LogP contribution in [0.3, 0.4) is 0 Å². The number of anilines is 1. The fourth-order valence-electron chi connectivity index (χ4n) is 1.47. The minimum absolute atomic E-state index is 0.131. The Labute approximate surface area is 103 Å². The number of thiazole rings is 1. The van der Waals surface area contributed by atoms with E-state index in [4.69, 9.17) is 15.0 Å². The normalized spacial score (nSPS) is 12.8. The molecule has 1 atom stereocenters. The summed E-state index contributed by atoms with van der Waals surface area (Å²) in [6.07, 6.45) is 1.72. The summed E-state index contributed by atoms with van der Waals surface area (Å²) in [4.78, 5) is 8.35. The third-order valence-electron chi connectivity index (χ3n) is 2.31. The Morgan fingerprint density at radius 2 is 2.35 bits per heavy atom. The Hall–Kier alpha value is -1.47. The summed E-state index contributed by atoms with van der Waals surface area (Å²) >= 11 is 1.34. The van der Waals surface area contributed by atoms with Crippen molar-refractivity contribution in [3.63, 3.8) is 0 Å². The first-order valence-electron chi connectivity index (χ1n) is 5.32. The van der Waals surface area contributed by atoms with E-state index >= 15 is 0 Å². The molecule has 2 rings (SSSR count). The second-order valence-electron chi connectivity index (χ2n) is 3.54. The number of nitrogen functional groups attached to an aromatic ring is 1. The van der Waals surface area contributed by atoms with E-state index in [0.717, 1.165) is 12.8 Å². The summed E-state index contributed by atoms with van der Waals surface area (Å²) in [6.45, 7) is 2.08. The van der Waals surface area contributed by atoms with Gasteiger partial charge in [-0.1, -0.05) is 18.5 Å². The van der Waals surface area contributed by atoms with Gasteiger partial charge in [-0.05, 0) is 6.42 Å². The second-order valence-corrected chi connectivity index (χ2v) is 4.43. The van der Waals surface area contributed by atoms with Crippen LogP contribution in [0.25, 0.3) is 11.6 Å². The third kappa shape index (κ3) is 2.62. The molecule has 2 N–H and O–H groups in total. The van der Waals surface area contributed by atoms with Crippen LogP contribution in [-0.4, -0.2) is 22.2 Å². The zero-order valence-electron chi connectivity index (χ0n) is 9.71. The molecular weight excluding hydrogens is 240 g/mol. The largest absolute Gasteiger partial charge is 0.375 e. The molecule has 0 radical (unpaired) electrons. The van der Waals surface area contributed by atoms with Gasteiger partial charge in [0.15, 0.2) is 5.13 Å². The Bertz CT molecular complexity index is 482. The molecule has 0 spiro atoms. The maximum Gasteiger partial charge on any atom is 0.277 e. The monoisotopic (exact) mass is 254 g/mol. The van der Waals surface area contributed by atoms with Crippen LogP contribution in [0.5, 0.6) is 0 Å². The van der Waals surface area contributed by atoms with E-state index < -0.39 is 0 Å². The number of ether oxygens (including phenoxy) is 1. The highest BCUT2D eigenvalue weighted by atomic mass is 32.1. The highest BCUT2D eigenvalue weighted by Gasteiger charge is 2.18. The van der Waals surface area contributed by atoms with Crippen LogP contribution >= 0.6 is 11.3 Å². The number of aromatic nitrogens is 3. The third-order valence-corrected chi connectivity index (χ3v) is 2.98. The molecule has 0 fully saturated rings. The van der Waals surface area contributed by atoms with Crippen molar-refractivity contribution in [2.45, 2.75) is 25.9 Å². The van der Waals surface area contributed by atoms with Gasteiger partial charge in [0.25, 0.3) is 5.89 Å². The maximum atomic E-state index is 5.55. The molecule has 2 aromatic rings.